The molecule has 0 aliphatic rings. The van der Waals surface area contributed by atoms with Gasteiger partial charge in [-0.25, -0.2) is 4.99 Å². The van der Waals surface area contributed by atoms with E-state index in [2.05, 4.69) is 77.9 Å². The summed E-state index contributed by atoms with van der Waals surface area (Å²) in [6.07, 6.45) is 0. The summed E-state index contributed by atoms with van der Waals surface area (Å²) in [6, 6.07) is 23.1. The molecule has 1 aromatic heterocycles. The molecule has 0 aliphatic heterocycles. The zero-order valence-corrected chi connectivity index (χ0v) is 24.9. The summed E-state index contributed by atoms with van der Waals surface area (Å²) < 4.78 is 0. The molecule has 0 saturated heterocycles. The molecule has 1 heterocycles. The van der Waals surface area contributed by atoms with E-state index >= 15 is 0 Å². The Hall–Kier alpha value is -2.62. The number of aliphatic imine (C=N–C) groups is 2. The van der Waals surface area contributed by atoms with Crippen molar-refractivity contribution in [1.29, 1.82) is 0 Å². The Labute approximate surface area is 235 Å². The number of nitrogens with zero attached hydrogens (tertiary/aromatic N) is 3. The molecule has 193 valence electrons. The first kappa shape index (κ1) is 28.9. The van der Waals surface area contributed by atoms with Crippen molar-refractivity contribution in [3.8, 4) is 0 Å². The van der Waals surface area contributed by atoms with E-state index in [0.717, 1.165) is 39.7 Å². The quantitative estimate of drug-likeness (QED) is 0.173. The minimum absolute atomic E-state index is 0.194. The van der Waals surface area contributed by atoms with Crippen LogP contribution < -0.4 is 4.98 Å². The molecule has 0 N–H and O–H groups in total. The van der Waals surface area contributed by atoms with E-state index in [1.54, 1.807) is 0 Å². The third kappa shape index (κ3) is 7.46. The molecular formula is C31H32Cl2FeN3. The fraction of sp³-hybridized carbons (Fsp3) is 0.226. The summed E-state index contributed by atoms with van der Waals surface area (Å²) in [7, 11) is 9.53. The van der Waals surface area contributed by atoms with Crippen molar-refractivity contribution in [2.75, 3.05) is 0 Å². The molecule has 0 bridgehead atoms. The Morgan fingerprint density at radius 1 is 0.649 bits per heavy atom. The number of benzene rings is 3. The van der Waals surface area contributed by atoms with E-state index in [9.17, 15) is 0 Å². The van der Waals surface area contributed by atoms with E-state index in [0.29, 0.717) is 0 Å². The van der Waals surface area contributed by atoms with Gasteiger partial charge in [0.2, 0.25) is 0 Å². The van der Waals surface area contributed by atoms with Gasteiger partial charge in [0.1, 0.15) is 0 Å². The molecule has 0 fully saturated rings. The van der Waals surface area contributed by atoms with E-state index in [1.165, 1.54) is 33.4 Å². The summed E-state index contributed by atoms with van der Waals surface area (Å²) in [4.78, 5) is 15.1. The SMILES string of the molecule is CC(=Nc1c(C)cc(C)cc1C)c1ccc(C(=Nc2c(C)cc(C)cc2C)c2ccccc2)[n-]1.[Cl][Fe+][Cl]. The van der Waals surface area contributed by atoms with Gasteiger partial charge < -0.3 is 4.98 Å². The van der Waals surface area contributed by atoms with E-state index < -0.39 is 0 Å². The molecule has 0 saturated carbocycles. The molecule has 3 nitrogen and oxygen atoms in total. The fourth-order valence-electron chi connectivity index (χ4n) is 4.60. The second-order valence-corrected chi connectivity index (χ2v) is 11.1. The van der Waals surface area contributed by atoms with Crippen LogP contribution in [-0.4, -0.2) is 11.4 Å². The van der Waals surface area contributed by atoms with Crippen LogP contribution in [0.3, 0.4) is 0 Å². The van der Waals surface area contributed by atoms with Crippen molar-refractivity contribution in [2.24, 2.45) is 9.98 Å². The summed E-state index contributed by atoms with van der Waals surface area (Å²) in [5.41, 5.74) is 13.8. The van der Waals surface area contributed by atoms with Crippen LogP contribution in [0, 0.1) is 41.5 Å². The van der Waals surface area contributed by atoms with Crippen molar-refractivity contribution in [3.05, 3.63) is 117 Å². The first-order chi connectivity index (χ1) is 17.6. The maximum atomic E-state index is 5.15. The van der Waals surface area contributed by atoms with Gasteiger partial charge in [0, 0.05) is 5.71 Å². The summed E-state index contributed by atoms with van der Waals surface area (Å²) >= 11 is 0.194. The third-order valence-corrected chi connectivity index (χ3v) is 6.07. The third-order valence-electron chi connectivity index (χ3n) is 6.07. The number of hydrogen-bond donors (Lipinski definition) is 0. The molecule has 4 aromatic rings. The average molecular weight is 573 g/mol. The number of halogens is 2. The summed E-state index contributed by atoms with van der Waals surface area (Å²) in [6.45, 7) is 14.7. The van der Waals surface area contributed by atoms with Crippen LogP contribution in [0.1, 0.15) is 57.3 Å². The fourth-order valence-corrected chi connectivity index (χ4v) is 4.60. The van der Waals surface area contributed by atoms with Gasteiger partial charge in [-0.2, -0.15) is 0 Å². The van der Waals surface area contributed by atoms with Crippen LogP contribution in [0.25, 0.3) is 0 Å². The van der Waals surface area contributed by atoms with Gasteiger partial charge >= 0.3 is 33.3 Å². The van der Waals surface area contributed by atoms with Crippen LogP contribution in [0.5, 0.6) is 0 Å². The summed E-state index contributed by atoms with van der Waals surface area (Å²) in [5, 5.41) is 0. The number of aromatic nitrogens is 1. The van der Waals surface area contributed by atoms with Crippen molar-refractivity contribution >= 4 is 43.0 Å². The Morgan fingerprint density at radius 3 is 1.57 bits per heavy atom. The minimum atomic E-state index is 0.194. The topological polar surface area (TPSA) is 38.8 Å². The molecule has 3 aromatic carbocycles. The van der Waals surface area contributed by atoms with Crippen molar-refractivity contribution < 1.29 is 13.1 Å². The summed E-state index contributed by atoms with van der Waals surface area (Å²) in [5.74, 6) is 0. The van der Waals surface area contributed by atoms with Gasteiger partial charge in [0.15, 0.2) is 0 Å². The normalized spacial score (nSPS) is 11.8. The number of rotatable bonds is 5. The van der Waals surface area contributed by atoms with Gasteiger partial charge in [-0.05, 0) is 76.3 Å². The predicted octanol–water partition coefficient (Wildman–Crippen LogP) is 9.18. The van der Waals surface area contributed by atoms with Gasteiger partial charge in [0.05, 0.1) is 17.1 Å². The Kier molecular flexibility index (Phi) is 10.4. The molecule has 0 atom stereocenters. The molecule has 0 unspecified atom stereocenters. The Balaban J connectivity index is 0.00000121. The average Bonchev–Trinajstić information content (AvgIpc) is 3.32. The van der Waals surface area contributed by atoms with E-state index in [-0.39, 0.29) is 13.1 Å². The van der Waals surface area contributed by atoms with Crippen LogP contribution >= 0.6 is 20.2 Å². The molecule has 37 heavy (non-hydrogen) atoms. The van der Waals surface area contributed by atoms with Crippen LogP contribution in [0.4, 0.5) is 11.4 Å². The Bertz CT molecular complexity index is 1390. The van der Waals surface area contributed by atoms with Crippen LogP contribution in [0.2, 0.25) is 0 Å². The van der Waals surface area contributed by atoms with E-state index in [4.69, 9.17) is 35.2 Å². The number of aryl methyl sites for hydroxylation is 6. The standard InChI is InChI=1S/C31H32N3.2ClH.Fe/c1-19-15-21(3)29(22(4)16-19)32-25(7)27-13-14-28(33-27)31(26-11-9-8-10-12-26)34-30-23(5)17-20(2)18-24(30)6;;;/h8-18H,1-7H3;2*1H;/q-1;;;+3/p-2. The zero-order valence-electron chi connectivity index (χ0n) is 22.3. The Morgan fingerprint density at radius 2 is 1.08 bits per heavy atom. The molecular weight excluding hydrogens is 541 g/mol. The molecule has 0 amide bonds. The second-order valence-electron chi connectivity index (χ2n) is 9.28. The first-order valence-corrected chi connectivity index (χ1v) is 15.0. The van der Waals surface area contributed by atoms with Gasteiger partial charge in [-0.15, -0.1) is 11.4 Å². The van der Waals surface area contributed by atoms with E-state index in [1.807, 2.05) is 37.3 Å². The van der Waals surface area contributed by atoms with Crippen LogP contribution in [0.15, 0.2) is 76.7 Å². The zero-order chi connectivity index (χ0) is 27.1. The van der Waals surface area contributed by atoms with Crippen LogP contribution in [-0.2, 0) is 13.1 Å². The maximum absolute atomic E-state index is 5.15. The van der Waals surface area contributed by atoms with Gasteiger partial charge in [-0.3, -0.25) is 4.99 Å². The first-order valence-electron chi connectivity index (χ1n) is 12.0. The molecule has 4 rings (SSSR count). The van der Waals surface area contributed by atoms with Crippen molar-refractivity contribution in [1.82, 2.24) is 4.98 Å². The molecule has 6 heteroatoms. The monoisotopic (exact) mass is 572 g/mol. The van der Waals surface area contributed by atoms with Gasteiger partial charge in [0.25, 0.3) is 0 Å². The molecule has 0 spiro atoms. The number of hydrogen-bond acceptors (Lipinski definition) is 2. The molecule has 0 radical (unpaired) electrons. The van der Waals surface area contributed by atoms with Crippen molar-refractivity contribution in [2.45, 2.75) is 48.5 Å². The molecule has 0 aliphatic carbocycles. The second kappa shape index (κ2) is 13.3. The van der Waals surface area contributed by atoms with Gasteiger partial charge in [-0.1, -0.05) is 77.9 Å². The predicted molar refractivity (Wildman–Crippen MR) is 156 cm³/mol. The van der Waals surface area contributed by atoms with Crippen molar-refractivity contribution in [3.63, 3.8) is 0 Å².